The smallest absolute Gasteiger partial charge is 0.272 e. The lowest BCUT2D eigenvalue weighted by atomic mass is 9.88. The van der Waals surface area contributed by atoms with Gasteiger partial charge in [-0.05, 0) is 47.4 Å². The molecular formula is C19H16N2O2. The van der Waals surface area contributed by atoms with Crippen LogP contribution in [-0.2, 0) is 13.0 Å². The normalized spacial score (nSPS) is 12.6. The summed E-state index contributed by atoms with van der Waals surface area (Å²) in [4.78, 5) is 11.0. The van der Waals surface area contributed by atoms with Crippen LogP contribution in [0.1, 0.15) is 22.4 Å². The lowest BCUT2D eigenvalue weighted by molar-refractivity contribution is -0.385. The van der Waals surface area contributed by atoms with Gasteiger partial charge in [-0.2, -0.15) is 0 Å². The van der Waals surface area contributed by atoms with Crippen molar-refractivity contribution in [3.05, 3.63) is 87.2 Å². The van der Waals surface area contributed by atoms with Crippen molar-refractivity contribution in [1.82, 2.24) is 4.57 Å². The molecule has 0 amide bonds. The number of hydrogen-bond donors (Lipinski definition) is 0. The van der Waals surface area contributed by atoms with E-state index < -0.39 is 0 Å². The third-order valence-electron chi connectivity index (χ3n) is 4.70. The summed E-state index contributed by atoms with van der Waals surface area (Å²) >= 11 is 0. The summed E-state index contributed by atoms with van der Waals surface area (Å²) in [5.74, 6) is 0. The molecule has 0 unspecified atom stereocenters. The van der Waals surface area contributed by atoms with E-state index in [1.807, 2.05) is 31.2 Å². The van der Waals surface area contributed by atoms with Crippen LogP contribution in [-0.4, -0.2) is 9.49 Å². The van der Waals surface area contributed by atoms with E-state index in [9.17, 15) is 10.1 Å². The molecule has 1 aromatic heterocycles. The minimum atomic E-state index is -0.292. The maximum Gasteiger partial charge on any atom is 0.272 e. The molecule has 0 atom stereocenters. The Bertz CT molecular complexity index is 925. The molecule has 4 heteroatoms. The zero-order valence-electron chi connectivity index (χ0n) is 12.8. The van der Waals surface area contributed by atoms with Crippen molar-refractivity contribution in [3.63, 3.8) is 0 Å². The number of nitro benzene ring substituents is 1. The molecule has 0 aliphatic carbocycles. The highest BCUT2D eigenvalue weighted by molar-refractivity contribution is 5.75. The third-order valence-corrected chi connectivity index (χ3v) is 4.70. The van der Waals surface area contributed by atoms with Gasteiger partial charge in [0.25, 0.3) is 5.69 Å². The first kappa shape index (κ1) is 13.8. The molecule has 0 N–H and O–H groups in total. The first-order valence-electron chi connectivity index (χ1n) is 7.64. The molecule has 0 bridgehead atoms. The van der Waals surface area contributed by atoms with Crippen molar-refractivity contribution < 1.29 is 4.92 Å². The highest BCUT2D eigenvalue weighted by Crippen LogP contribution is 2.36. The minimum Gasteiger partial charge on any atom is -0.347 e. The Labute approximate surface area is 134 Å². The zero-order valence-corrected chi connectivity index (χ0v) is 12.8. The number of rotatable bonds is 1. The van der Waals surface area contributed by atoms with Crippen LogP contribution in [0.3, 0.4) is 0 Å². The van der Waals surface area contributed by atoms with Crippen molar-refractivity contribution in [2.45, 2.75) is 19.9 Å². The molecule has 0 saturated carbocycles. The number of aromatic nitrogens is 1. The maximum atomic E-state index is 11.3. The summed E-state index contributed by atoms with van der Waals surface area (Å²) in [7, 11) is 0. The number of fused-ring (bicyclic) bond motifs is 4. The Morgan fingerprint density at radius 2 is 1.87 bits per heavy atom. The summed E-state index contributed by atoms with van der Waals surface area (Å²) in [6.07, 6.45) is 2.79. The molecule has 114 valence electrons. The zero-order chi connectivity index (χ0) is 16.0. The first-order valence-corrected chi connectivity index (χ1v) is 7.64. The van der Waals surface area contributed by atoms with E-state index in [2.05, 4.69) is 29.0 Å². The Balaban J connectivity index is 2.05. The number of benzene rings is 2. The van der Waals surface area contributed by atoms with E-state index in [1.165, 1.54) is 16.8 Å². The first-order chi connectivity index (χ1) is 11.1. The average Bonchev–Trinajstić information content (AvgIpc) is 2.94. The number of nitrogens with zero attached hydrogens (tertiary/aromatic N) is 2. The van der Waals surface area contributed by atoms with Crippen LogP contribution in [0.25, 0.3) is 11.1 Å². The van der Waals surface area contributed by atoms with Gasteiger partial charge in [0, 0.05) is 36.5 Å². The number of nitro groups is 1. The van der Waals surface area contributed by atoms with Gasteiger partial charge < -0.3 is 4.57 Å². The molecule has 4 rings (SSSR count). The largest absolute Gasteiger partial charge is 0.347 e. The Morgan fingerprint density at radius 1 is 1.04 bits per heavy atom. The van der Waals surface area contributed by atoms with Gasteiger partial charge >= 0.3 is 0 Å². The van der Waals surface area contributed by atoms with E-state index in [4.69, 9.17) is 0 Å². The van der Waals surface area contributed by atoms with Gasteiger partial charge in [-0.15, -0.1) is 0 Å². The van der Waals surface area contributed by atoms with E-state index in [0.717, 1.165) is 23.2 Å². The Morgan fingerprint density at radius 3 is 2.70 bits per heavy atom. The van der Waals surface area contributed by atoms with Crippen molar-refractivity contribution in [2.24, 2.45) is 0 Å². The maximum absolute atomic E-state index is 11.3. The van der Waals surface area contributed by atoms with Gasteiger partial charge in [0.1, 0.15) is 0 Å². The summed E-state index contributed by atoms with van der Waals surface area (Å²) < 4.78 is 2.22. The highest BCUT2D eigenvalue weighted by Gasteiger charge is 2.22. The van der Waals surface area contributed by atoms with Crippen LogP contribution in [0.5, 0.6) is 0 Å². The van der Waals surface area contributed by atoms with Crippen LogP contribution in [0.4, 0.5) is 5.69 Å². The van der Waals surface area contributed by atoms with Crippen LogP contribution in [0, 0.1) is 17.0 Å². The van der Waals surface area contributed by atoms with Gasteiger partial charge in [0.15, 0.2) is 0 Å². The molecule has 1 aliphatic heterocycles. The van der Waals surface area contributed by atoms with Gasteiger partial charge in [0.05, 0.1) is 4.92 Å². The van der Waals surface area contributed by atoms with Gasteiger partial charge in [-0.1, -0.05) is 24.3 Å². The van der Waals surface area contributed by atoms with E-state index in [1.54, 1.807) is 6.07 Å². The standard InChI is InChI=1S/C19H16N2O2/c1-13-18-11-15-6-4-10-20(15)12-14-5-2-3-7-16(14)17(18)8-9-19(13)21(22)23/h2-10H,11-12H2,1H3. The Kier molecular flexibility index (Phi) is 3.05. The van der Waals surface area contributed by atoms with Crippen molar-refractivity contribution in [1.29, 1.82) is 0 Å². The second-order valence-electron chi connectivity index (χ2n) is 5.95. The third kappa shape index (κ3) is 2.14. The molecule has 2 aromatic carbocycles. The summed E-state index contributed by atoms with van der Waals surface area (Å²) in [6.45, 7) is 2.68. The van der Waals surface area contributed by atoms with Gasteiger partial charge in [0.2, 0.25) is 0 Å². The van der Waals surface area contributed by atoms with Crippen LogP contribution >= 0.6 is 0 Å². The molecule has 1 aliphatic rings. The Hall–Kier alpha value is -2.88. The lowest BCUT2D eigenvalue weighted by Crippen LogP contribution is -2.11. The molecule has 0 radical (unpaired) electrons. The summed E-state index contributed by atoms with van der Waals surface area (Å²) in [5, 5.41) is 11.3. The molecule has 0 fully saturated rings. The second kappa shape index (κ2) is 5.09. The number of hydrogen-bond acceptors (Lipinski definition) is 2. The molecule has 4 nitrogen and oxygen atoms in total. The quantitative estimate of drug-likeness (QED) is 0.388. The summed E-state index contributed by atoms with van der Waals surface area (Å²) in [6, 6.07) is 16.0. The molecule has 3 aromatic rings. The monoisotopic (exact) mass is 304 g/mol. The van der Waals surface area contributed by atoms with Crippen molar-refractivity contribution in [2.75, 3.05) is 0 Å². The second-order valence-corrected chi connectivity index (χ2v) is 5.95. The average molecular weight is 304 g/mol. The fourth-order valence-corrected chi connectivity index (χ4v) is 3.47. The van der Waals surface area contributed by atoms with Gasteiger partial charge in [-0.3, -0.25) is 10.1 Å². The lowest BCUT2D eigenvalue weighted by Gasteiger charge is -2.21. The fraction of sp³-hybridized carbons (Fsp3) is 0.158. The SMILES string of the molecule is Cc1c([N+](=O)[O-])ccc2c1Cc1cccn1Cc1ccccc1-2. The topological polar surface area (TPSA) is 48.1 Å². The van der Waals surface area contributed by atoms with E-state index >= 15 is 0 Å². The molecule has 0 saturated heterocycles. The molecule has 2 heterocycles. The van der Waals surface area contributed by atoms with Crippen molar-refractivity contribution >= 4 is 5.69 Å². The molecular weight excluding hydrogens is 288 g/mol. The fourth-order valence-electron chi connectivity index (χ4n) is 3.47. The highest BCUT2D eigenvalue weighted by atomic mass is 16.6. The predicted octanol–water partition coefficient (Wildman–Crippen LogP) is 4.32. The van der Waals surface area contributed by atoms with E-state index in [0.29, 0.717) is 6.42 Å². The van der Waals surface area contributed by atoms with Crippen LogP contribution < -0.4 is 0 Å². The van der Waals surface area contributed by atoms with Crippen molar-refractivity contribution in [3.8, 4) is 11.1 Å². The van der Waals surface area contributed by atoms with Gasteiger partial charge in [-0.25, -0.2) is 0 Å². The summed E-state index contributed by atoms with van der Waals surface area (Å²) in [5.41, 5.74) is 6.70. The predicted molar refractivity (Wildman–Crippen MR) is 89.6 cm³/mol. The van der Waals surface area contributed by atoms with E-state index in [-0.39, 0.29) is 10.6 Å². The van der Waals surface area contributed by atoms with Crippen LogP contribution in [0.15, 0.2) is 54.7 Å². The molecule has 0 spiro atoms. The minimum absolute atomic E-state index is 0.194. The molecule has 23 heavy (non-hydrogen) atoms. The van der Waals surface area contributed by atoms with Crippen LogP contribution in [0.2, 0.25) is 0 Å².